The third kappa shape index (κ3) is 5.28. The van der Waals surface area contributed by atoms with Crippen LogP contribution in [-0.4, -0.2) is 39.9 Å². The molecule has 0 aliphatic carbocycles. The van der Waals surface area contributed by atoms with Gasteiger partial charge in [-0.1, -0.05) is 44.2 Å². The molecule has 1 amide bonds. The molecule has 5 heteroatoms. The average Bonchev–Trinajstić information content (AvgIpc) is 2.66. The number of anilines is 1. The fraction of sp³-hybridized carbons (Fsp3) is 0.476. The van der Waals surface area contributed by atoms with Crippen LogP contribution in [0.25, 0.3) is 0 Å². The second-order valence-electron chi connectivity index (χ2n) is 6.74. The molecule has 0 N–H and O–H groups in total. The summed E-state index contributed by atoms with van der Waals surface area (Å²) >= 11 is 0. The van der Waals surface area contributed by atoms with E-state index in [0.29, 0.717) is 18.2 Å². The first-order valence-electron chi connectivity index (χ1n) is 9.49. The van der Waals surface area contributed by atoms with Crippen molar-refractivity contribution in [3.63, 3.8) is 0 Å². The van der Waals surface area contributed by atoms with Gasteiger partial charge in [0.05, 0.1) is 0 Å². The molecule has 1 aromatic heterocycles. The van der Waals surface area contributed by atoms with Gasteiger partial charge < -0.3 is 9.80 Å². The van der Waals surface area contributed by atoms with E-state index in [9.17, 15) is 4.79 Å². The van der Waals surface area contributed by atoms with Gasteiger partial charge in [-0.3, -0.25) is 4.79 Å². The van der Waals surface area contributed by atoms with Crippen molar-refractivity contribution in [1.82, 2.24) is 14.9 Å². The zero-order valence-corrected chi connectivity index (χ0v) is 16.4. The van der Waals surface area contributed by atoms with Gasteiger partial charge in [-0.25, -0.2) is 9.97 Å². The van der Waals surface area contributed by atoms with Gasteiger partial charge >= 0.3 is 0 Å². The van der Waals surface area contributed by atoms with Crippen LogP contribution in [-0.2, 0) is 6.54 Å². The van der Waals surface area contributed by atoms with Gasteiger partial charge in [0.15, 0.2) is 0 Å². The summed E-state index contributed by atoms with van der Waals surface area (Å²) in [6, 6.07) is 11.9. The Balaban J connectivity index is 2.24. The second kappa shape index (κ2) is 9.90. The highest BCUT2D eigenvalue weighted by Gasteiger charge is 2.21. The monoisotopic (exact) mass is 354 g/mol. The highest BCUT2D eigenvalue weighted by Crippen LogP contribution is 2.15. The van der Waals surface area contributed by atoms with Crippen LogP contribution in [0.2, 0.25) is 0 Å². The molecule has 0 spiro atoms. The molecule has 0 saturated heterocycles. The minimum atomic E-state index is -0.0551. The summed E-state index contributed by atoms with van der Waals surface area (Å²) in [5.41, 5.74) is 1.57. The van der Waals surface area contributed by atoms with Crippen LogP contribution in [0.15, 0.2) is 42.6 Å². The molecule has 0 fully saturated rings. The molecule has 2 aromatic rings. The highest BCUT2D eigenvalue weighted by atomic mass is 16.2. The van der Waals surface area contributed by atoms with Gasteiger partial charge in [-0.05, 0) is 38.3 Å². The molecule has 0 aliphatic heterocycles. The lowest BCUT2D eigenvalue weighted by Crippen LogP contribution is -2.37. The van der Waals surface area contributed by atoms with E-state index in [4.69, 9.17) is 0 Å². The van der Waals surface area contributed by atoms with Crippen LogP contribution in [0.4, 0.5) is 5.95 Å². The van der Waals surface area contributed by atoms with E-state index < -0.39 is 0 Å². The van der Waals surface area contributed by atoms with Crippen LogP contribution >= 0.6 is 0 Å². The number of amides is 1. The Bertz CT molecular complexity index is 681. The molecule has 0 saturated carbocycles. The smallest absolute Gasteiger partial charge is 0.273 e. The van der Waals surface area contributed by atoms with Gasteiger partial charge in [-0.2, -0.15) is 0 Å². The first-order chi connectivity index (χ1) is 12.6. The van der Waals surface area contributed by atoms with E-state index in [2.05, 4.69) is 28.7 Å². The number of carbonyl (C=O) groups excluding carboxylic acids is 1. The lowest BCUT2D eigenvalue weighted by atomic mass is 10.1. The van der Waals surface area contributed by atoms with E-state index in [1.807, 2.05) is 49.1 Å². The van der Waals surface area contributed by atoms with E-state index >= 15 is 0 Å². The summed E-state index contributed by atoms with van der Waals surface area (Å²) in [7, 11) is 0. The van der Waals surface area contributed by atoms with Crippen molar-refractivity contribution in [3.05, 3.63) is 53.9 Å². The van der Waals surface area contributed by atoms with Crippen LogP contribution < -0.4 is 4.90 Å². The molecule has 2 rings (SSSR count). The van der Waals surface area contributed by atoms with Gasteiger partial charge in [0.25, 0.3) is 5.91 Å². The number of hydrogen-bond donors (Lipinski definition) is 0. The average molecular weight is 354 g/mol. The highest BCUT2D eigenvalue weighted by molar-refractivity contribution is 5.92. The van der Waals surface area contributed by atoms with Crippen molar-refractivity contribution < 1.29 is 4.79 Å². The summed E-state index contributed by atoms with van der Waals surface area (Å²) in [6.45, 7) is 10.7. The predicted octanol–water partition coefficient (Wildman–Crippen LogP) is 4.15. The minimum absolute atomic E-state index is 0.0551. The summed E-state index contributed by atoms with van der Waals surface area (Å²) in [4.78, 5) is 26.1. The molecule has 0 atom stereocenters. The maximum Gasteiger partial charge on any atom is 0.273 e. The quantitative estimate of drug-likeness (QED) is 0.679. The Hall–Kier alpha value is -2.43. The molecule has 140 valence electrons. The van der Waals surface area contributed by atoms with Crippen LogP contribution in [0.5, 0.6) is 0 Å². The van der Waals surface area contributed by atoms with E-state index in [1.165, 1.54) is 0 Å². The molecular formula is C21H30N4O. The standard InChI is InChI=1S/C21H30N4O/c1-5-14-24(15-6-2)21-22-13-12-19(23-21)20(26)25(17(3)4)16-18-10-8-7-9-11-18/h7-13,17H,5-6,14-16H2,1-4H3. The number of carbonyl (C=O) groups is 1. The maximum absolute atomic E-state index is 13.1. The Morgan fingerprint density at radius 3 is 2.27 bits per heavy atom. The first kappa shape index (κ1) is 19.9. The lowest BCUT2D eigenvalue weighted by Gasteiger charge is -2.27. The maximum atomic E-state index is 13.1. The molecule has 0 bridgehead atoms. The molecule has 1 heterocycles. The van der Waals surface area contributed by atoms with Gasteiger partial charge in [0.2, 0.25) is 5.95 Å². The van der Waals surface area contributed by atoms with E-state index in [0.717, 1.165) is 31.5 Å². The fourth-order valence-corrected chi connectivity index (χ4v) is 2.89. The molecular weight excluding hydrogens is 324 g/mol. The predicted molar refractivity (Wildman–Crippen MR) is 106 cm³/mol. The lowest BCUT2D eigenvalue weighted by molar-refractivity contribution is 0.0684. The van der Waals surface area contributed by atoms with Gasteiger partial charge in [0, 0.05) is 31.9 Å². The SMILES string of the molecule is CCCN(CCC)c1nccc(C(=O)N(Cc2ccccc2)C(C)C)n1. The van der Waals surface area contributed by atoms with Crippen molar-refractivity contribution in [2.75, 3.05) is 18.0 Å². The van der Waals surface area contributed by atoms with Gasteiger partial charge in [0.1, 0.15) is 5.69 Å². The number of nitrogens with zero attached hydrogens (tertiary/aromatic N) is 4. The summed E-state index contributed by atoms with van der Waals surface area (Å²) in [5.74, 6) is 0.586. The Morgan fingerprint density at radius 1 is 1.04 bits per heavy atom. The topological polar surface area (TPSA) is 49.3 Å². The zero-order chi connectivity index (χ0) is 18.9. The Morgan fingerprint density at radius 2 is 1.69 bits per heavy atom. The van der Waals surface area contributed by atoms with E-state index in [1.54, 1.807) is 12.3 Å². The molecule has 0 radical (unpaired) electrons. The zero-order valence-electron chi connectivity index (χ0n) is 16.4. The van der Waals surface area contributed by atoms with E-state index in [-0.39, 0.29) is 11.9 Å². The summed E-state index contributed by atoms with van der Waals surface area (Å²) in [5, 5.41) is 0. The molecule has 0 unspecified atom stereocenters. The minimum Gasteiger partial charge on any atom is -0.341 e. The summed E-state index contributed by atoms with van der Waals surface area (Å²) in [6.07, 6.45) is 3.73. The van der Waals surface area contributed by atoms with Crippen molar-refractivity contribution in [2.24, 2.45) is 0 Å². The second-order valence-corrected chi connectivity index (χ2v) is 6.74. The fourth-order valence-electron chi connectivity index (χ4n) is 2.89. The number of rotatable bonds is 9. The van der Waals surface area contributed by atoms with Crippen LogP contribution in [0, 0.1) is 0 Å². The van der Waals surface area contributed by atoms with Crippen molar-refractivity contribution in [1.29, 1.82) is 0 Å². The number of benzene rings is 1. The van der Waals surface area contributed by atoms with Crippen LogP contribution in [0.3, 0.4) is 0 Å². The van der Waals surface area contributed by atoms with Gasteiger partial charge in [-0.15, -0.1) is 0 Å². The molecule has 26 heavy (non-hydrogen) atoms. The van der Waals surface area contributed by atoms with Crippen molar-refractivity contribution >= 4 is 11.9 Å². The number of aromatic nitrogens is 2. The molecule has 0 aliphatic rings. The molecule has 1 aromatic carbocycles. The van der Waals surface area contributed by atoms with Crippen molar-refractivity contribution in [3.8, 4) is 0 Å². The largest absolute Gasteiger partial charge is 0.341 e. The third-order valence-corrected chi connectivity index (χ3v) is 4.21. The Kier molecular flexibility index (Phi) is 7.57. The Labute approximate surface area is 157 Å². The normalized spacial score (nSPS) is 10.8. The summed E-state index contributed by atoms with van der Waals surface area (Å²) < 4.78 is 0. The third-order valence-electron chi connectivity index (χ3n) is 4.21. The van der Waals surface area contributed by atoms with Crippen molar-refractivity contribution in [2.45, 2.75) is 53.1 Å². The number of hydrogen-bond acceptors (Lipinski definition) is 4. The van der Waals surface area contributed by atoms with Crippen LogP contribution in [0.1, 0.15) is 56.6 Å². The molecule has 5 nitrogen and oxygen atoms in total. The first-order valence-corrected chi connectivity index (χ1v) is 9.49.